The normalized spacial score (nSPS) is 11.3. The summed E-state index contributed by atoms with van der Waals surface area (Å²) in [7, 11) is -3.58. The van der Waals surface area contributed by atoms with E-state index < -0.39 is 10.1 Å². The van der Waals surface area contributed by atoms with Crippen molar-refractivity contribution >= 4 is 39.7 Å². The number of hydrogen-bond donors (Lipinski definition) is 0. The molecule has 0 amide bonds. The van der Waals surface area contributed by atoms with E-state index in [1.54, 1.807) is 30.3 Å². The Hall–Kier alpha value is 0.130. The molecular weight excluding hydrogens is 355 g/mol. The molecule has 145 valence electrons. The van der Waals surface area contributed by atoms with E-state index in [0.717, 1.165) is 12.8 Å². The van der Waals surface area contributed by atoms with Crippen LogP contribution in [0, 0.1) is 0 Å². The summed E-state index contributed by atoms with van der Waals surface area (Å²) < 4.78 is 28.9. The van der Waals surface area contributed by atoms with Crippen molar-refractivity contribution in [3.05, 3.63) is 30.3 Å². The molecule has 0 unspecified atom stereocenters. The molecule has 0 atom stereocenters. The van der Waals surface area contributed by atoms with Crippen molar-refractivity contribution in [2.24, 2.45) is 0 Å². The minimum Gasteiger partial charge on any atom is -0.266 e. The average Bonchev–Trinajstić information content (AvgIpc) is 2.63. The molecule has 0 bridgehead atoms. The largest absolute Gasteiger partial charge is 0.296 e. The molecule has 1 radical (unpaired) electrons. The first-order chi connectivity index (χ1) is 12.2. The van der Waals surface area contributed by atoms with Gasteiger partial charge in [-0.3, -0.25) is 4.18 Å². The first-order valence-corrected chi connectivity index (χ1v) is 11.5. The molecule has 1 aromatic rings. The predicted octanol–water partition coefficient (Wildman–Crippen LogP) is 6.10. The zero-order valence-electron chi connectivity index (χ0n) is 16.9. The third kappa shape index (κ3) is 13.3. The van der Waals surface area contributed by atoms with Gasteiger partial charge in [0.1, 0.15) is 0 Å². The Kier molecular flexibility index (Phi) is 17.3. The molecule has 3 nitrogen and oxygen atoms in total. The van der Waals surface area contributed by atoms with Gasteiger partial charge in [0.05, 0.1) is 11.5 Å². The number of rotatable bonds is 16. The summed E-state index contributed by atoms with van der Waals surface area (Å²) >= 11 is 0. The molecule has 0 aromatic heterocycles. The molecule has 0 aliphatic rings. The van der Waals surface area contributed by atoms with Gasteiger partial charge < -0.3 is 0 Å². The summed E-state index contributed by atoms with van der Waals surface area (Å²) in [4.78, 5) is 0.240. The van der Waals surface area contributed by atoms with Crippen LogP contribution in [0.5, 0.6) is 0 Å². The average molecular weight is 392 g/mol. The van der Waals surface area contributed by atoms with Crippen molar-refractivity contribution < 1.29 is 12.6 Å². The Bertz CT molecular complexity index is 517. The van der Waals surface area contributed by atoms with Crippen molar-refractivity contribution in [2.45, 2.75) is 95.3 Å². The first-order valence-electron chi connectivity index (χ1n) is 10.1. The summed E-state index contributed by atoms with van der Waals surface area (Å²) in [5.74, 6) is 0. The minimum atomic E-state index is -3.58. The van der Waals surface area contributed by atoms with Gasteiger partial charge in [-0.05, 0) is 18.6 Å². The molecule has 0 aliphatic heterocycles. The van der Waals surface area contributed by atoms with E-state index in [-0.39, 0.29) is 41.1 Å². The number of benzene rings is 1. The third-order valence-electron chi connectivity index (χ3n) is 4.52. The zero-order valence-corrected chi connectivity index (χ0v) is 19.7. The van der Waals surface area contributed by atoms with Crippen LogP contribution in [-0.2, 0) is 14.3 Å². The van der Waals surface area contributed by atoms with Crippen LogP contribution in [0.4, 0.5) is 0 Å². The second kappa shape index (κ2) is 17.2. The van der Waals surface area contributed by atoms with Crippen LogP contribution in [0.3, 0.4) is 0 Å². The van der Waals surface area contributed by atoms with Crippen molar-refractivity contribution in [3.63, 3.8) is 0 Å². The Balaban J connectivity index is 0.00000625. The fourth-order valence-corrected chi connectivity index (χ4v) is 3.91. The fraction of sp³-hybridized carbons (Fsp3) is 0.714. The molecule has 0 saturated carbocycles. The van der Waals surface area contributed by atoms with Gasteiger partial charge in [0.25, 0.3) is 10.1 Å². The van der Waals surface area contributed by atoms with E-state index >= 15 is 0 Å². The summed E-state index contributed by atoms with van der Waals surface area (Å²) in [5.41, 5.74) is 0. The van der Waals surface area contributed by atoms with E-state index in [2.05, 4.69) is 6.92 Å². The van der Waals surface area contributed by atoms with Crippen molar-refractivity contribution in [2.75, 3.05) is 6.61 Å². The van der Waals surface area contributed by atoms with Crippen LogP contribution in [0.2, 0.25) is 0 Å². The van der Waals surface area contributed by atoms with Crippen LogP contribution >= 0.6 is 0 Å². The maximum atomic E-state index is 11.9. The van der Waals surface area contributed by atoms with E-state index in [0.29, 0.717) is 0 Å². The molecule has 0 spiro atoms. The monoisotopic (exact) mass is 391 g/mol. The zero-order chi connectivity index (χ0) is 18.2. The molecule has 5 heteroatoms. The quantitative estimate of drug-likeness (QED) is 0.194. The number of unbranched alkanes of at least 4 members (excludes halogenated alkanes) is 12. The molecule has 1 aromatic carbocycles. The second-order valence-corrected chi connectivity index (χ2v) is 8.45. The van der Waals surface area contributed by atoms with Gasteiger partial charge in [0.2, 0.25) is 0 Å². The minimum absolute atomic E-state index is 0. The van der Waals surface area contributed by atoms with Gasteiger partial charge >= 0.3 is 0 Å². The maximum Gasteiger partial charge on any atom is 0.296 e. The van der Waals surface area contributed by atoms with Crippen molar-refractivity contribution in [1.82, 2.24) is 0 Å². The molecule has 1 rings (SSSR count). The summed E-state index contributed by atoms with van der Waals surface area (Å²) in [6.07, 6.45) is 16.6. The van der Waals surface area contributed by atoms with Gasteiger partial charge in [-0.25, -0.2) is 0 Å². The molecule has 0 aliphatic carbocycles. The van der Waals surface area contributed by atoms with Crippen LogP contribution in [0.1, 0.15) is 90.4 Å². The molecule has 0 saturated heterocycles. The topological polar surface area (TPSA) is 43.4 Å². The van der Waals surface area contributed by atoms with Gasteiger partial charge in [0, 0.05) is 29.6 Å². The number of hydrogen-bond acceptors (Lipinski definition) is 3. The van der Waals surface area contributed by atoms with Gasteiger partial charge in [-0.15, -0.1) is 0 Å². The third-order valence-corrected chi connectivity index (χ3v) is 5.84. The molecule has 0 N–H and O–H groups in total. The second-order valence-electron chi connectivity index (χ2n) is 6.83. The van der Waals surface area contributed by atoms with E-state index in [1.165, 1.54) is 70.6 Å². The first kappa shape index (κ1) is 26.1. The smallest absolute Gasteiger partial charge is 0.266 e. The van der Waals surface area contributed by atoms with E-state index in [1.807, 2.05) is 0 Å². The SMILES string of the molecule is CCCCCCCCCCCCCCCOS(=O)(=O)c1ccccc1.[Na]. The van der Waals surface area contributed by atoms with Gasteiger partial charge in [0.15, 0.2) is 0 Å². The molecule has 0 fully saturated rings. The van der Waals surface area contributed by atoms with Crippen LogP contribution in [0.15, 0.2) is 35.2 Å². The predicted molar refractivity (Wildman–Crippen MR) is 111 cm³/mol. The summed E-state index contributed by atoms with van der Waals surface area (Å²) in [6.45, 7) is 2.54. The van der Waals surface area contributed by atoms with E-state index in [9.17, 15) is 8.42 Å². The summed E-state index contributed by atoms with van der Waals surface area (Å²) in [5, 5.41) is 0. The molecule has 0 heterocycles. The van der Waals surface area contributed by atoms with Gasteiger partial charge in [-0.1, -0.05) is 102 Å². The Morgan fingerprint density at radius 3 is 1.58 bits per heavy atom. The molecular formula is C21H36NaO3S. The van der Waals surface area contributed by atoms with E-state index in [4.69, 9.17) is 4.18 Å². The Labute approximate surface area is 183 Å². The van der Waals surface area contributed by atoms with Crippen LogP contribution < -0.4 is 0 Å². The van der Waals surface area contributed by atoms with Gasteiger partial charge in [-0.2, -0.15) is 8.42 Å². The standard InChI is InChI=1S/C21H36O3S.Na/c1-2-3-4-5-6-7-8-9-10-11-12-13-17-20-24-25(22,23)21-18-15-14-16-19-21;/h14-16,18-19H,2-13,17,20H2,1H3;. The maximum absolute atomic E-state index is 11.9. The van der Waals surface area contributed by atoms with Crippen molar-refractivity contribution in [3.8, 4) is 0 Å². The molecule has 26 heavy (non-hydrogen) atoms. The fourth-order valence-electron chi connectivity index (χ4n) is 2.94. The Morgan fingerprint density at radius 2 is 1.12 bits per heavy atom. The van der Waals surface area contributed by atoms with Crippen molar-refractivity contribution in [1.29, 1.82) is 0 Å². The Morgan fingerprint density at radius 1 is 0.692 bits per heavy atom. The van der Waals surface area contributed by atoms with Crippen LogP contribution in [-0.4, -0.2) is 44.6 Å². The summed E-state index contributed by atoms with van der Waals surface area (Å²) in [6, 6.07) is 8.35. The van der Waals surface area contributed by atoms with Crippen LogP contribution in [0.25, 0.3) is 0 Å².